The Hall–Kier alpha value is -0.470. The van der Waals surface area contributed by atoms with E-state index in [2.05, 4.69) is 0 Å². The van der Waals surface area contributed by atoms with Crippen LogP contribution in [0.2, 0.25) is 0 Å². The van der Waals surface area contributed by atoms with Crippen molar-refractivity contribution in [3.63, 3.8) is 0 Å². The predicted octanol–water partition coefficient (Wildman–Crippen LogP) is 1.04. The van der Waals surface area contributed by atoms with Crippen LogP contribution in [-0.2, 0) is 21.4 Å². The fourth-order valence-corrected chi connectivity index (χ4v) is 4.54. The van der Waals surface area contributed by atoms with Crippen molar-refractivity contribution in [1.82, 2.24) is 4.31 Å². The minimum atomic E-state index is -3.45. The van der Waals surface area contributed by atoms with E-state index < -0.39 is 10.0 Å². The van der Waals surface area contributed by atoms with Gasteiger partial charge in [0.1, 0.15) is 4.21 Å². The molecule has 1 aromatic heterocycles. The van der Waals surface area contributed by atoms with Crippen LogP contribution in [0.1, 0.15) is 17.7 Å². The van der Waals surface area contributed by atoms with Gasteiger partial charge in [-0.05, 0) is 25.0 Å². The fourth-order valence-electron chi connectivity index (χ4n) is 1.91. The van der Waals surface area contributed by atoms with Gasteiger partial charge in [-0.25, -0.2) is 8.42 Å². The van der Waals surface area contributed by atoms with Crippen molar-refractivity contribution in [1.29, 1.82) is 0 Å². The summed E-state index contributed by atoms with van der Waals surface area (Å²) in [5.74, 6) is 0. The largest absolute Gasteiger partial charge is 0.391 e. The third-order valence-electron chi connectivity index (χ3n) is 2.94. The van der Waals surface area contributed by atoms with E-state index in [9.17, 15) is 8.42 Å². The number of aliphatic hydroxyl groups is 1. The van der Waals surface area contributed by atoms with Crippen LogP contribution < -0.4 is 0 Å². The van der Waals surface area contributed by atoms with Crippen molar-refractivity contribution in [2.75, 3.05) is 20.2 Å². The van der Waals surface area contributed by atoms with Gasteiger partial charge in [-0.2, -0.15) is 4.31 Å². The third kappa shape index (κ3) is 2.92. The van der Waals surface area contributed by atoms with E-state index in [0.717, 1.165) is 24.2 Å². The highest BCUT2D eigenvalue weighted by Gasteiger charge is 2.27. The van der Waals surface area contributed by atoms with Gasteiger partial charge >= 0.3 is 0 Å². The summed E-state index contributed by atoms with van der Waals surface area (Å²) in [6.07, 6.45) is 1.90. The molecule has 0 bridgehead atoms. The normalized spacial score (nSPS) is 20.7. The predicted molar refractivity (Wildman–Crippen MR) is 69.0 cm³/mol. The van der Waals surface area contributed by atoms with E-state index in [0.29, 0.717) is 18.0 Å². The first-order chi connectivity index (χ1) is 8.54. The van der Waals surface area contributed by atoms with Gasteiger partial charge < -0.3 is 9.84 Å². The van der Waals surface area contributed by atoms with E-state index in [-0.39, 0.29) is 16.9 Å². The Morgan fingerprint density at radius 3 is 2.89 bits per heavy atom. The first-order valence-electron chi connectivity index (χ1n) is 5.81. The second kappa shape index (κ2) is 5.66. The van der Waals surface area contributed by atoms with Crippen LogP contribution in [0.4, 0.5) is 0 Å². The summed E-state index contributed by atoms with van der Waals surface area (Å²) in [7, 11) is -1.89. The summed E-state index contributed by atoms with van der Waals surface area (Å²) in [6, 6.07) is 3.18. The molecule has 102 valence electrons. The van der Waals surface area contributed by atoms with Crippen LogP contribution >= 0.6 is 11.3 Å². The molecule has 0 amide bonds. The molecule has 1 saturated heterocycles. The molecule has 1 unspecified atom stereocenters. The van der Waals surface area contributed by atoms with Crippen LogP contribution in [0.15, 0.2) is 16.3 Å². The van der Waals surface area contributed by atoms with Gasteiger partial charge in [-0.3, -0.25) is 0 Å². The average molecular weight is 291 g/mol. The summed E-state index contributed by atoms with van der Waals surface area (Å²) in [6.45, 7) is 0.969. The summed E-state index contributed by atoms with van der Waals surface area (Å²) < 4.78 is 31.5. The number of ether oxygens (including phenoxy) is 1. The maximum Gasteiger partial charge on any atom is 0.252 e. The summed E-state index contributed by atoms with van der Waals surface area (Å²) in [5.41, 5.74) is 0. The van der Waals surface area contributed by atoms with E-state index in [1.165, 1.54) is 10.4 Å². The second-order valence-corrected chi connectivity index (χ2v) is 7.74. The average Bonchev–Trinajstić information content (AvgIpc) is 2.99. The lowest BCUT2D eigenvalue weighted by Crippen LogP contribution is -2.33. The Morgan fingerprint density at radius 2 is 2.33 bits per heavy atom. The van der Waals surface area contributed by atoms with Crippen LogP contribution in [0, 0.1) is 0 Å². The van der Waals surface area contributed by atoms with Gasteiger partial charge in [-0.15, -0.1) is 11.3 Å². The lowest BCUT2D eigenvalue weighted by molar-refractivity contribution is 0.0979. The van der Waals surface area contributed by atoms with E-state index >= 15 is 0 Å². The van der Waals surface area contributed by atoms with Gasteiger partial charge in [0.05, 0.1) is 12.7 Å². The summed E-state index contributed by atoms with van der Waals surface area (Å²) in [4.78, 5) is 0.652. The minimum Gasteiger partial charge on any atom is -0.391 e. The van der Waals surface area contributed by atoms with Crippen LogP contribution in [0.25, 0.3) is 0 Å². The van der Waals surface area contributed by atoms with Crippen LogP contribution in [-0.4, -0.2) is 44.1 Å². The number of aliphatic hydroxyl groups excluding tert-OH is 1. The van der Waals surface area contributed by atoms with E-state index in [4.69, 9.17) is 9.84 Å². The molecule has 1 aliphatic rings. The number of nitrogens with zero attached hydrogens (tertiary/aromatic N) is 1. The fraction of sp³-hybridized carbons (Fsp3) is 0.636. The highest BCUT2D eigenvalue weighted by Crippen LogP contribution is 2.25. The highest BCUT2D eigenvalue weighted by atomic mass is 32.2. The zero-order valence-corrected chi connectivity index (χ0v) is 11.8. The molecule has 1 atom stereocenters. The van der Waals surface area contributed by atoms with Crippen molar-refractivity contribution in [2.45, 2.75) is 29.8 Å². The first-order valence-corrected chi connectivity index (χ1v) is 8.07. The Kier molecular flexibility index (Phi) is 4.39. The van der Waals surface area contributed by atoms with E-state index in [1.54, 1.807) is 13.1 Å². The first kappa shape index (κ1) is 14.0. The highest BCUT2D eigenvalue weighted by molar-refractivity contribution is 7.91. The smallest absolute Gasteiger partial charge is 0.252 e. The molecule has 0 radical (unpaired) electrons. The van der Waals surface area contributed by atoms with Gasteiger partial charge in [0.15, 0.2) is 0 Å². The Balaban J connectivity index is 2.09. The molecule has 0 aliphatic carbocycles. The lowest BCUT2D eigenvalue weighted by atomic mass is 10.2. The molecular weight excluding hydrogens is 274 g/mol. The van der Waals surface area contributed by atoms with E-state index in [1.807, 2.05) is 0 Å². The molecule has 1 aliphatic heterocycles. The summed E-state index contributed by atoms with van der Waals surface area (Å²) >= 11 is 1.11. The van der Waals surface area contributed by atoms with Gasteiger partial charge in [0.2, 0.25) is 0 Å². The molecule has 18 heavy (non-hydrogen) atoms. The lowest BCUT2D eigenvalue weighted by Gasteiger charge is -2.19. The second-order valence-electron chi connectivity index (χ2n) is 4.30. The Bertz CT molecular complexity index is 491. The number of sulfonamides is 1. The van der Waals surface area contributed by atoms with Gasteiger partial charge in [0, 0.05) is 25.1 Å². The zero-order valence-electron chi connectivity index (χ0n) is 10.2. The molecule has 0 saturated carbocycles. The zero-order chi connectivity index (χ0) is 13.2. The number of hydrogen-bond acceptors (Lipinski definition) is 5. The van der Waals surface area contributed by atoms with Crippen LogP contribution in [0.5, 0.6) is 0 Å². The van der Waals surface area contributed by atoms with Crippen molar-refractivity contribution >= 4 is 21.4 Å². The minimum absolute atomic E-state index is 0.00190. The molecule has 1 N–H and O–H groups in total. The van der Waals surface area contributed by atoms with Crippen molar-refractivity contribution < 1.29 is 18.3 Å². The van der Waals surface area contributed by atoms with Gasteiger partial charge in [-0.1, -0.05) is 0 Å². The maximum absolute atomic E-state index is 12.2. The van der Waals surface area contributed by atoms with Gasteiger partial charge in [0.25, 0.3) is 10.0 Å². The molecule has 2 heterocycles. The van der Waals surface area contributed by atoms with Crippen molar-refractivity contribution in [2.24, 2.45) is 0 Å². The molecular formula is C11H17NO4S2. The quantitative estimate of drug-likeness (QED) is 0.880. The monoisotopic (exact) mass is 291 g/mol. The maximum atomic E-state index is 12.2. The SMILES string of the molecule is CN(CC1CCCO1)S(=O)(=O)c1ccc(CO)s1. The Morgan fingerprint density at radius 1 is 1.56 bits per heavy atom. The summed E-state index contributed by atoms with van der Waals surface area (Å²) in [5, 5.41) is 8.97. The number of thiophene rings is 1. The molecule has 2 rings (SSSR count). The van der Waals surface area contributed by atoms with Crippen molar-refractivity contribution in [3.8, 4) is 0 Å². The molecule has 5 nitrogen and oxygen atoms in total. The molecule has 7 heteroatoms. The molecule has 0 aromatic carbocycles. The number of rotatable bonds is 5. The Labute approximate surface area is 111 Å². The van der Waals surface area contributed by atoms with Crippen LogP contribution in [0.3, 0.4) is 0 Å². The van der Waals surface area contributed by atoms with Crippen molar-refractivity contribution in [3.05, 3.63) is 17.0 Å². The molecule has 1 aromatic rings. The molecule has 0 spiro atoms. The number of likely N-dealkylation sites (N-methyl/N-ethyl adjacent to an activating group) is 1. The number of hydrogen-bond donors (Lipinski definition) is 1. The standard InChI is InChI=1S/C11H17NO4S2/c1-12(7-9-3-2-6-16-9)18(14,15)11-5-4-10(8-13)17-11/h4-5,9,13H,2-3,6-8H2,1H3. The molecule has 1 fully saturated rings. The topological polar surface area (TPSA) is 66.8 Å². The third-order valence-corrected chi connectivity index (χ3v) is 6.30.